The molecule has 0 saturated heterocycles. The molecule has 3 N–H and O–H groups in total. The van der Waals surface area contributed by atoms with Crippen molar-refractivity contribution in [3.63, 3.8) is 0 Å². The molecule has 9 heteroatoms. The quantitative estimate of drug-likeness (QED) is 0.418. The molecule has 1 amide bonds. The largest absolute Gasteiger partial charge is 0.487 e. The van der Waals surface area contributed by atoms with Gasteiger partial charge in [-0.15, -0.1) is 0 Å². The zero-order valence-electron chi connectivity index (χ0n) is 16.2. The molecule has 154 valence electrons. The van der Waals surface area contributed by atoms with Crippen molar-refractivity contribution in [3.05, 3.63) is 17.7 Å². The number of amides is 1. The van der Waals surface area contributed by atoms with Gasteiger partial charge in [-0.2, -0.15) is 0 Å². The van der Waals surface area contributed by atoms with Crippen LogP contribution in [0, 0.1) is 0 Å². The minimum atomic E-state index is -0.280. The molecule has 9 nitrogen and oxygen atoms in total. The highest BCUT2D eigenvalue weighted by atomic mass is 16.6. The molecule has 0 aromatic heterocycles. The lowest BCUT2D eigenvalue weighted by molar-refractivity contribution is 0.0952. The van der Waals surface area contributed by atoms with E-state index in [0.29, 0.717) is 75.5 Å². The van der Waals surface area contributed by atoms with Gasteiger partial charge >= 0.3 is 0 Å². The first-order chi connectivity index (χ1) is 13.2. The topological polar surface area (TPSA) is 111 Å². The zero-order chi connectivity index (χ0) is 19.9. The minimum Gasteiger partial charge on any atom is -0.487 e. The van der Waals surface area contributed by atoms with E-state index in [1.165, 1.54) is 0 Å². The maximum absolute atomic E-state index is 12.4. The number of hydrogen-bond acceptors (Lipinski definition) is 8. The maximum atomic E-state index is 12.4. The Kier molecular flexibility index (Phi) is 11.9. The van der Waals surface area contributed by atoms with Gasteiger partial charge in [-0.05, 0) is 12.1 Å². The SMILES string of the molecule is COCCOc1cc(C(=O)NCCN)cc(OCCOC)c1OCCOC. The lowest BCUT2D eigenvalue weighted by Crippen LogP contribution is -2.29. The molecule has 0 heterocycles. The van der Waals surface area contributed by atoms with E-state index >= 15 is 0 Å². The van der Waals surface area contributed by atoms with E-state index in [1.807, 2.05) is 0 Å². The lowest BCUT2D eigenvalue weighted by atomic mass is 10.1. The molecule has 0 aliphatic carbocycles. The first kappa shape index (κ1) is 23.0. The second kappa shape index (κ2) is 14.0. The summed E-state index contributed by atoms with van der Waals surface area (Å²) in [4.78, 5) is 12.4. The van der Waals surface area contributed by atoms with Crippen LogP contribution >= 0.6 is 0 Å². The van der Waals surface area contributed by atoms with E-state index in [1.54, 1.807) is 33.5 Å². The van der Waals surface area contributed by atoms with Crippen LogP contribution in [0.25, 0.3) is 0 Å². The van der Waals surface area contributed by atoms with E-state index in [4.69, 9.17) is 34.2 Å². The lowest BCUT2D eigenvalue weighted by Gasteiger charge is -2.18. The molecular formula is C18H30N2O7. The number of rotatable bonds is 15. The molecule has 0 spiro atoms. The van der Waals surface area contributed by atoms with Gasteiger partial charge in [-0.3, -0.25) is 4.79 Å². The third-order valence-corrected chi connectivity index (χ3v) is 3.34. The maximum Gasteiger partial charge on any atom is 0.251 e. The highest BCUT2D eigenvalue weighted by molar-refractivity contribution is 5.95. The van der Waals surface area contributed by atoms with Crippen LogP contribution in [0.4, 0.5) is 0 Å². The van der Waals surface area contributed by atoms with Crippen LogP contribution in [0.1, 0.15) is 10.4 Å². The van der Waals surface area contributed by atoms with Crippen LogP contribution in [0.2, 0.25) is 0 Å². The normalized spacial score (nSPS) is 10.5. The average Bonchev–Trinajstić information content (AvgIpc) is 2.67. The summed E-state index contributed by atoms with van der Waals surface area (Å²) < 4.78 is 32.3. The molecule has 0 radical (unpaired) electrons. The van der Waals surface area contributed by atoms with Gasteiger partial charge in [0.25, 0.3) is 5.91 Å². The predicted molar refractivity (Wildman–Crippen MR) is 99.9 cm³/mol. The number of benzene rings is 1. The van der Waals surface area contributed by atoms with Crippen LogP contribution in [0.3, 0.4) is 0 Å². The molecule has 1 aromatic rings. The zero-order valence-corrected chi connectivity index (χ0v) is 16.2. The van der Waals surface area contributed by atoms with Crippen molar-refractivity contribution in [2.75, 3.05) is 74.1 Å². The van der Waals surface area contributed by atoms with Gasteiger partial charge in [0.05, 0.1) is 19.8 Å². The second-order valence-corrected chi connectivity index (χ2v) is 5.37. The molecular weight excluding hydrogens is 356 g/mol. The summed E-state index contributed by atoms with van der Waals surface area (Å²) in [7, 11) is 4.74. The molecule has 0 fully saturated rings. The van der Waals surface area contributed by atoms with Crippen molar-refractivity contribution in [1.29, 1.82) is 0 Å². The Labute approximate surface area is 160 Å². The van der Waals surface area contributed by atoms with Gasteiger partial charge in [-0.25, -0.2) is 0 Å². The Hall–Kier alpha value is -2.07. The fraction of sp³-hybridized carbons (Fsp3) is 0.611. The fourth-order valence-electron chi connectivity index (χ4n) is 2.05. The standard InChI is InChI=1S/C18H30N2O7/c1-22-6-9-25-15-12-14(18(21)20-5-4-19)13-16(26-10-7-23-2)17(15)27-11-8-24-3/h12-13H,4-11,19H2,1-3H3,(H,20,21). The Morgan fingerprint density at radius 2 is 1.33 bits per heavy atom. The van der Waals surface area contributed by atoms with Gasteiger partial charge in [0.1, 0.15) is 19.8 Å². The number of carbonyl (C=O) groups is 1. The van der Waals surface area contributed by atoms with E-state index in [9.17, 15) is 4.79 Å². The van der Waals surface area contributed by atoms with Crippen LogP contribution in [-0.2, 0) is 14.2 Å². The first-order valence-corrected chi connectivity index (χ1v) is 8.69. The summed E-state index contributed by atoms with van der Waals surface area (Å²) in [5.41, 5.74) is 5.82. The van der Waals surface area contributed by atoms with Gasteiger partial charge in [0.15, 0.2) is 11.5 Å². The minimum absolute atomic E-state index is 0.280. The summed E-state index contributed by atoms with van der Waals surface area (Å²) >= 11 is 0. The van der Waals surface area contributed by atoms with Crippen LogP contribution in [-0.4, -0.2) is 80.0 Å². The second-order valence-electron chi connectivity index (χ2n) is 5.37. The summed E-state index contributed by atoms with van der Waals surface area (Å²) in [5, 5.41) is 2.72. The molecule has 27 heavy (non-hydrogen) atoms. The Balaban J connectivity index is 3.14. The van der Waals surface area contributed by atoms with Crippen molar-refractivity contribution in [2.45, 2.75) is 0 Å². The van der Waals surface area contributed by atoms with Crippen LogP contribution < -0.4 is 25.3 Å². The molecule has 1 rings (SSSR count). The third kappa shape index (κ3) is 8.44. The number of ether oxygens (including phenoxy) is 6. The Morgan fingerprint density at radius 1 is 0.852 bits per heavy atom. The number of methoxy groups -OCH3 is 3. The van der Waals surface area contributed by atoms with Crippen LogP contribution in [0.5, 0.6) is 17.2 Å². The smallest absolute Gasteiger partial charge is 0.251 e. The van der Waals surface area contributed by atoms with E-state index in [-0.39, 0.29) is 5.91 Å². The van der Waals surface area contributed by atoms with E-state index in [0.717, 1.165) is 0 Å². The number of nitrogens with one attached hydrogen (secondary N) is 1. The first-order valence-electron chi connectivity index (χ1n) is 8.69. The van der Waals surface area contributed by atoms with Crippen molar-refractivity contribution in [3.8, 4) is 17.2 Å². The van der Waals surface area contributed by atoms with Crippen molar-refractivity contribution >= 4 is 5.91 Å². The Bertz CT molecular complexity index is 524. The predicted octanol–water partition coefficient (Wildman–Crippen LogP) is 0.451. The van der Waals surface area contributed by atoms with E-state index in [2.05, 4.69) is 5.32 Å². The monoisotopic (exact) mass is 386 g/mol. The van der Waals surface area contributed by atoms with E-state index < -0.39 is 0 Å². The number of hydrogen-bond donors (Lipinski definition) is 2. The summed E-state index contributed by atoms with van der Waals surface area (Å²) in [6.45, 7) is 2.78. The van der Waals surface area contributed by atoms with Gasteiger partial charge in [-0.1, -0.05) is 0 Å². The molecule has 0 aliphatic heterocycles. The van der Waals surface area contributed by atoms with Crippen molar-refractivity contribution < 1.29 is 33.2 Å². The number of carbonyl (C=O) groups excluding carboxylic acids is 1. The molecule has 0 unspecified atom stereocenters. The highest BCUT2D eigenvalue weighted by Crippen LogP contribution is 2.39. The molecule has 0 atom stereocenters. The third-order valence-electron chi connectivity index (χ3n) is 3.34. The van der Waals surface area contributed by atoms with Gasteiger partial charge in [0.2, 0.25) is 5.75 Å². The number of nitrogens with two attached hydrogens (primary N) is 1. The van der Waals surface area contributed by atoms with Gasteiger partial charge < -0.3 is 39.5 Å². The fourth-order valence-corrected chi connectivity index (χ4v) is 2.05. The molecule has 0 aliphatic rings. The van der Waals surface area contributed by atoms with Crippen molar-refractivity contribution in [1.82, 2.24) is 5.32 Å². The van der Waals surface area contributed by atoms with Gasteiger partial charge in [0, 0.05) is 40.0 Å². The molecule has 0 saturated carbocycles. The summed E-state index contributed by atoms with van der Waals surface area (Å²) in [6.07, 6.45) is 0. The highest BCUT2D eigenvalue weighted by Gasteiger charge is 2.19. The molecule has 0 bridgehead atoms. The van der Waals surface area contributed by atoms with Crippen molar-refractivity contribution in [2.24, 2.45) is 5.73 Å². The Morgan fingerprint density at radius 3 is 1.78 bits per heavy atom. The summed E-state index contributed by atoms with van der Waals surface area (Å²) in [5.74, 6) is 0.888. The average molecular weight is 386 g/mol. The summed E-state index contributed by atoms with van der Waals surface area (Å²) in [6, 6.07) is 3.21. The molecule has 1 aromatic carbocycles. The van der Waals surface area contributed by atoms with Crippen LogP contribution in [0.15, 0.2) is 12.1 Å².